The lowest BCUT2D eigenvalue weighted by Crippen LogP contribution is -2.43. The second-order valence-electron chi connectivity index (χ2n) is 5.26. The molecule has 1 aromatic rings. The first kappa shape index (κ1) is 15.2. The molecule has 1 fully saturated rings. The quantitative estimate of drug-likeness (QED) is 0.329. The molecule has 0 heterocycles. The lowest BCUT2D eigenvalue weighted by molar-refractivity contribution is -0.121. The molecule has 0 saturated heterocycles. The number of amidine groups is 1. The lowest BCUT2D eigenvalue weighted by Gasteiger charge is -2.19. The molecular weight excluding hydrogens is 270 g/mol. The molecule has 1 saturated carbocycles. The Kier molecular flexibility index (Phi) is 5.03. The van der Waals surface area contributed by atoms with Crippen LogP contribution in [0.25, 0.3) is 0 Å². The molecule has 6 nitrogen and oxygen atoms in total. The normalized spacial score (nSPS) is 22.0. The number of hydrogen-bond acceptors (Lipinski definition) is 4. The van der Waals surface area contributed by atoms with Crippen molar-refractivity contribution in [3.8, 4) is 5.75 Å². The summed E-state index contributed by atoms with van der Waals surface area (Å²) in [5, 5.41) is 14.8. The van der Waals surface area contributed by atoms with E-state index in [1.807, 2.05) is 24.3 Å². The summed E-state index contributed by atoms with van der Waals surface area (Å²) in [6, 6.07) is 7.35. The predicted octanol–water partition coefficient (Wildman–Crippen LogP) is 1.27. The highest BCUT2D eigenvalue weighted by atomic mass is 16.5. The summed E-state index contributed by atoms with van der Waals surface area (Å²) in [4.78, 5) is 12.1. The number of carbonyl (C=O) groups is 1. The van der Waals surface area contributed by atoms with Crippen LogP contribution in [-0.4, -0.2) is 30.1 Å². The molecule has 6 heteroatoms. The van der Waals surface area contributed by atoms with Crippen molar-refractivity contribution in [1.29, 1.82) is 0 Å². The van der Waals surface area contributed by atoms with Crippen molar-refractivity contribution in [2.24, 2.45) is 16.8 Å². The van der Waals surface area contributed by atoms with Gasteiger partial charge in [-0.2, -0.15) is 0 Å². The number of ether oxygens (including phenoxy) is 1. The zero-order valence-electron chi connectivity index (χ0n) is 12.1. The van der Waals surface area contributed by atoms with Crippen LogP contribution >= 0.6 is 0 Å². The molecule has 21 heavy (non-hydrogen) atoms. The fraction of sp³-hybridized carbons (Fsp3) is 0.467. The largest absolute Gasteiger partial charge is 0.497 e. The lowest BCUT2D eigenvalue weighted by atomic mass is 10.0. The summed E-state index contributed by atoms with van der Waals surface area (Å²) in [6.45, 7) is 0. The molecule has 1 aliphatic rings. The van der Waals surface area contributed by atoms with Crippen LogP contribution in [0.3, 0.4) is 0 Å². The van der Waals surface area contributed by atoms with E-state index in [1.165, 1.54) is 0 Å². The first-order chi connectivity index (χ1) is 10.1. The van der Waals surface area contributed by atoms with Gasteiger partial charge in [-0.15, -0.1) is 0 Å². The summed E-state index contributed by atoms with van der Waals surface area (Å²) in [7, 11) is 1.61. The Hall–Kier alpha value is -2.24. The van der Waals surface area contributed by atoms with Gasteiger partial charge in [0.25, 0.3) is 0 Å². The Labute approximate surface area is 124 Å². The molecule has 1 aromatic carbocycles. The minimum atomic E-state index is -0.0742. The van der Waals surface area contributed by atoms with Crippen molar-refractivity contribution >= 4 is 11.7 Å². The highest BCUT2D eigenvalue weighted by Gasteiger charge is 2.31. The van der Waals surface area contributed by atoms with Gasteiger partial charge < -0.3 is 21.0 Å². The van der Waals surface area contributed by atoms with Gasteiger partial charge >= 0.3 is 0 Å². The smallest absolute Gasteiger partial charge is 0.224 e. The average Bonchev–Trinajstić information content (AvgIpc) is 2.95. The van der Waals surface area contributed by atoms with Crippen molar-refractivity contribution in [3.05, 3.63) is 29.8 Å². The molecule has 0 bridgehead atoms. The number of carbonyl (C=O) groups excluding carboxylic acids is 1. The van der Waals surface area contributed by atoms with E-state index in [9.17, 15) is 4.79 Å². The molecule has 0 spiro atoms. The Morgan fingerprint density at radius 2 is 2.14 bits per heavy atom. The zero-order valence-corrected chi connectivity index (χ0v) is 12.1. The van der Waals surface area contributed by atoms with Gasteiger partial charge in [0.15, 0.2) is 0 Å². The van der Waals surface area contributed by atoms with Crippen molar-refractivity contribution in [2.45, 2.75) is 31.7 Å². The number of nitrogens with one attached hydrogen (secondary N) is 1. The van der Waals surface area contributed by atoms with Crippen LogP contribution in [0.15, 0.2) is 29.4 Å². The van der Waals surface area contributed by atoms with Crippen LogP contribution in [0, 0.1) is 5.92 Å². The van der Waals surface area contributed by atoms with E-state index in [-0.39, 0.29) is 23.7 Å². The van der Waals surface area contributed by atoms with Gasteiger partial charge in [0, 0.05) is 12.0 Å². The minimum Gasteiger partial charge on any atom is -0.497 e. The fourth-order valence-corrected chi connectivity index (χ4v) is 2.75. The molecule has 0 aromatic heterocycles. The van der Waals surface area contributed by atoms with Crippen molar-refractivity contribution < 1.29 is 14.7 Å². The Balaban J connectivity index is 1.91. The summed E-state index contributed by atoms with van der Waals surface area (Å²) in [5.74, 6) is 0.835. The first-order valence-electron chi connectivity index (χ1n) is 7.03. The molecule has 2 atom stereocenters. The monoisotopic (exact) mass is 291 g/mol. The van der Waals surface area contributed by atoms with Gasteiger partial charge in [-0.3, -0.25) is 4.79 Å². The van der Waals surface area contributed by atoms with Gasteiger partial charge in [-0.25, -0.2) is 0 Å². The topological polar surface area (TPSA) is 96.9 Å². The molecule has 1 amide bonds. The molecule has 2 unspecified atom stereocenters. The fourth-order valence-electron chi connectivity index (χ4n) is 2.75. The standard InChI is InChI=1S/C15H21N3O3/c1-21-11-7-5-10(6-8-11)9-14(19)17-13-4-2-3-12(13)15(16)18-20/h5-8,12-13,20H,2-4,9H2,1H3,(H2,16,18)(H,17,19). The van der Waals surface area contributed by atoms with Crippen molar-refractivity contribution in [1.82, 2.24) is 5.32 Å². The number of hydrogen-bond donors (Lipinski definition) is 3. The number of oxime groups is 1. The highest BCUT2D eigenvalue weighted by molar-refractivity contribution is 5.85. The highest BCUT2D eigenvalue weighted by Crippen LogP contribution is 2.26. The van der Waals surface area contributed by atoms with Crippen LogP contribution in [0.1, 0.15) is 24.8 Å². The summed E-state index contributed by atoms with van der Waals surface area (Å²) < 4.78 is 5.08. The number of methoxy groups -OCH3 is 1. The maximum absolute atomic E-state index is 12.1. The molecule has 114 valence electrons. The molecular formula is C15H21N3O3. The third-order valence-electron chi connectivity index (χ3n) is 3.88. The van der Waals surface area contributed by atoms with E-state index in [0.29, 0.717) is 6.42 Å². The van der Waals surface area contributed by atoms with Crippen molar-refractivity contribution in [3.63, 3.8) is 0 Å². The van der Waals surface area contributed by atoms with Crippen LogP contribution in [0.4, 0.5) is 0 Å². The summed E-state index contributed by atoms with van der Waals surface area (Å²) >= 11 is 0. The Morgan fingerprint density at radius 3 is 2.76 bits per heavy atom. The molecule has 2 rings (SSSR count). The van der Waals surface area contributed by atoms with E-state index in [1.54, 1.807) is 7.11 Å². The van der Waals surface area contributed by atoms with E-state index >= 15 is 0 Å². The number of amides is 1. The Bertz CT molecular complexity index is 513. The second-order valence-corrected chi connectivity index (χ2v) is 5.26. The van der Waals surface area contributed by atoms with E-state index in [0.717, 1.165) is 30.6 Å². The van der Waals surface area contributed by atoms with E-state index in [2.05, 4.69) is 10.5 Å². The zero-order chi connectivity index (χ0) is 15.2. The number of benzene rings is 1. The van der Waals surface area contributed by atoms with Gasteiger partial charge in [0.05, 0.1) is 13.5 Å². The Morgan fingerprint density at radius 1 is 1.43 bits per heavy atom. The van der Waals surface area contributed by atoms with Crippen molar-refractivity contribution in [2.75, 3.05) is 7.11 Å². The van der Waals surface area contributed by atoms with Gasteiger partial charge in [0.2, 0.25) is 5.91 Å². The van der Waals surface area contributed by atoms with E-state index < -0.39 is 0 Å². The maximum atomic E-state index is 12.1. The molecule has 0 radical (unpaired) electrons. The average molecular weight is 291 g/mol. The number of rotatable bonds is 5. The summed E-state index contributed by atoms with van der Waals surface area (Å²) in [5.41, 5.74) is 6.59. The SMILES string of the molecule is COc1ccc(CC(=O)NC2CCCC2C(N)=NO)cc1. The van der Waals surface area contributed by atoms with Crippen LogP contribution < -0.4 is 15.8 Å². The summed E-state index contributed by atoms with van der Waals surface area (Å²) in [6.07, 6.45) is 2.97. The third-order valence-corrected chi connectivity index (χ3v) is 3.88. The van der Waals surface area contributed by atoms with Gasteiger partial charge in [-0.05, 0) is 30.5 Å². The molecule has 4 N–H and O–H groups in total. The maximum Gasteiger partial charge on any atom is 0.224 e. The van der Waals surface area contributed by atoms with Crippen LogP contribution in [0.5, 0.6) is 5.75 Å². The van der Waals surface area contributed by atoms with Gasteiger partial charge in [-0.1, -0.05) is 23.7 Å². The predicted molar refractivity (Wildman–Crippen MR) is 79.4 cm³/mol. The number of nitrogens with two attached hydrogens (primary N) is 1. The third kappa shape index (κ3) is 3.87. The first-order valence-corrected chi connectivity index (χ1v) is 7.03. The van der Waals surface area contributed by atoms with Gasteiger partial charge in [0.1, 0.15) is 11.6 Å². The molecule has 0 aliphatic heterocycles. The molecule has 1 aliphatic carbocycles. The second kappa shape index (κ2) is 6.97. The van der Waals surface area contributed by atoms with Crippen LogP contribution in [0.2, 0.25) is 0 Å². The number of nitrogens with zero attached hydrogens (tertiary/aromatic N) is 1. The van der Waals surface area contributed by atoms with E-state index in [4.69, 9.17) is 15.7 Å². The minimum absolute atomic E-state index is 0.0494. The van der Waals surface area contributed by atoms with Crippen LogP contribution in [-0.2, 0) is 11.2 Å².